The van der Waals surface area contributed by atoms with Gasteiger partial charge in [-0.25, -0.2) is 8.78 Å². The molecule has 1 amide bonds. The lowest BCUT2D eigenvalue weighted by Gasteiger charge is -2.21. The van der Waals surface area contributed by atoms with Crippen molar-refractivity contribution in [3.05, 3.63) is 33.8 Å². The molecule has 0 heterocycles. The first-order valence-corrected chi connectivity index (χ1v) is 6.93. The molecule has 7 heteroatoms. The van der Waals surface area contributed by atoms with E-state index in [1.54, 1.807) is 0 Å². The van der Waals surface area contributed by atoms with Gasteiger partial charge >= 0.3 is 0 Å². The average molecular weight is 361 g/mol. The standard InChI is InChI=1S/C11H10BrCl2F2NO/c12-7-5-8(15)10(9(16)6-7)11(18)17(3-1-13)4-2-14/h5-6H,1-4H2. The molecule has 0 aliphatic carbocycles. The fourth-order valence-electron chi connectivity index (χ4n) is 1.42. The van der Waals surface area contributed by atoms with Crippen molar-refractivity contribution in [2.45, 2.75) is 0 Å². The third kappa shape index (κ3) is 3.80. The Bertz CT molecular complexity index is 416. The molecule has 0 atom stereocenters. The van der Waals surface area contributed by atoms with E-state index in [4.69, 9.17) is 23.2 Å². The zero-order valence-corrected chi connectivity index (χ0v) is 12.3. The molecular weight excluding hydrogens is 351 g/mol. The molecule has 18 heavy (non-hydrogen) atoms. The van der Waals surface area contributed by atoms with E-state index in [9.17, 15) is 13.6 Å². The van der Waals surface area contributed by atoms with E-state index in [-0.39, 0.29) is 29.3 Å². The lowest BCUT2D eigenvalue weighted by molar-refractivity contribution is 0.0765. The average Bonchev–Trinajstić information content (AvgIpc) is 2.27. The van der Waals surface area contributed by atoms with Crippen LogP contribution in [0.5, 0.6) is 0 Å². The van der Waals surface area contributed by atoms with Gasteiger partial charge in [0.05, 0.1) is 0 Å². The number of rotatable bonds is 5. The third-order valence-electron chi connectivity index (χ3n) is 2.22. The fourth-order valence-corrected chi connectivity index (χ4v) is 2.23. The summed E-state index contributed by atoms with van der Waals surface area (Å²) in [6, 6.07) is 2.08. The molecule has 100 valence electrons. The number of carbonyl (C=O) groups is 1. The van der Waals surface area contributed by atoms with Gasteiger partial charge in [0.15, 0.2) is 0 Å². The van der Waals surface area contributed by atoms with Crippen LogP contribution in [0.15, 0.2) is 16.6 Å². The molecule has 0 bridgehead atoms. The van der Waals surface area contributed by atoms with Crippen LogP contribution >= 0.6 is 39.1 Å². The molecule has 0 spiro atoms. The lowest BCUT2D eigenvalue weighted by Crippen LogP contribution is -2.35. The Labute approximate surface area is 122 Å². The minimum Gasteiger partial charge on any atom is -0.336 e. The molecule has 0 fully saturated rings. The highest BCUT2D eigenvalue weighted by Gasteiger charge is 2.23. The highest BCUT2D eigenvalue weighted by atomic mass is 79.9. The molecule has 0 unspecified atom stereocenters. The maximum Gasteiger partial charge on any atom is 0.259 e. The predicted molar refractivity (Wildman–Crippen MR) is 71.4 cm³/mol. The first kappa shape index (κ1) is 15.7. The Morgan fingerprint density at radius 3 is 2.00 bits per heavy atom. The summed E-state index contributed by atoms with van der Waals surface area (Å²) < 4.78 is 27.5. The van der Waals surface area contributed by atoms with Crippen molar-refractivity contribution in [1.29, 1.82) is 0 Å². The van der Waals surface area contributed by atoms with Gasteiger partial charge in [0.2, 0.25) is 0 Å². The number of benzene rings is 1. The number of alkyl halides is 2. The number of nitrogens with zero attached hydrogens (tertiary/aromatic N) is 1. The molecule has 0 saturated carbocycles. The molecule has 0 aliphatic rings. The normalized spacial score (nSPS) is 10.5. The van der Waals surface area contributed by atoms with Gasteiger partial charge in [-0.05, 0) is 12.1 Å². The monoisotopic (exact) mass is 359 g/mol. The molecule has 1 aromatic rings. The van der Waals surface area contributed by atoms with Crippen molar-refractivity contribution < 1.29 is 13.6 Å². The summed E-state index contributed by atoms with van der Waals surface area (Å²) in [6.45, 7) is 0.365. The number of carbonyl (C=O) groups excluding carboxylic acids is 1. The molecule has 0 saturated heterocycles. The van der Waals surface area contributed by atoms with Crippen molar-refractivity contribution in [2.24, 2.45) is 0 Å². The van der Waals surface area contributed by atoms with E-state index >= 15 is 0 Å². The second-order valence-corrected chi connectivity index (χ2v) is 5.09. The summed E-state index contributed by atoms with van der Waals surface area (Å²) in [6.07, 6.45) is 0. The van der Waals surface area contributed by atoms with Crippen LogP contribution < -0.4 is 0 Å². The Hall–Kier alpha value is -0.390. The smallest absolute Gasteiger partial charge is 0.259 e. The van der Waals surface area contributed by atoms with Crippen LogP contribution in [0, 0.1) is 11.6 Å². The molecule has 0 aromatic heterocycles. The van der Waals surface area contributed by atoms with Gasteiger partial charge in [0.1, 0.15) is 17.2 Å². The van der Waals surface area contributed by atoms with Crippen molar-refractivity contribution in [3.8, 4) is 0 Å². The second kappa shape index (κ2) is 7.26. The predicted octanol–water partition coefficient (Wildman–Crippen LogP) is 3.65. The molecular formula is C11H10BrCl2F2NO. The van der Waals surface area contributed by atoms with E-state index in [0.717, 1.165) is 12.1 Å². The van der Waals surface area contributed by atoms with Gasteiger partial charge in [-0.2, -0.15) is 0 Å². The van der Waals surface area contributed by atoms with E-state index < -0.39 is 23.1 Å². The second-order valence-electron chi connectivity index (χ2n) is 3.41. The SMILES string of the molecule is O=C(c1c(F)cc(Br)cc1F)N(CCCl)CCCl. The quantitative estimate of drug-likeness (QED) is 0.734. The van der Waals surface area contributed by atoms with Gasteiger partial charge in [-0.1, -0.05) is 15.9 Å². The Balaban J connectivity index is 3.08. The summed E-state index contributed by atoms with van der Waals surface area (Å²) in [5.41, 5.74) is -0.589. The van der Waals surface area contributed by atoms with E-state index in [1.165, 1.54) is 4.90 Å². The number of hydrogen-bond donors (Lipinski definition) is 0. The summed E-state index contributed by atoms with van der Waals surface area (Å²) in [5.74, 6) is -2.24. The van der Waals surface area contributed by atoms with Gasteiger partial charge in [-0.3, -0.25) is 4.79 Å². The van der Waals surface area contributed by atoms with Crippen molar-refractivity contribution in [3.63, 3.8) is 0 Å². The number of halogens is 5. The van der Waals surface area contributed by atoms with E-state index in [1.807, 2.05) is 0 Å². The van der Waals surface area contributed by atoms with Crippen LogP contribution in [0.1, 0.15) is 10.4 Å². The fraction of sp³-hybridized carbons (Fsp3) is 0.364. The van der Waals surface area contributed by atoms with Crippen LogP contribution in [0.3, 0.4) is 0 Å². The summed E-state index contributed by atoms with van der Waals surface area (Å²) >= 11 is 14.0. The Morgan fingerprint density at radius 1 is 1.17 bits per heavy atom. The van der Waals surface area contributed by atoms with Crippen molar-refractivity contribution in [2.75, 3.05) is 24.8 Å². The van der Waals surface area contributed by atoms with Crippen molar-refractivity contribution >= 4 is 45.0 Å². The van der Waals surface area contributed by atoms with Gasteiger partial charge in [0.25, 0.3) is 5.91 Å². The molecule has 1 rings (SSSR count). The van der Waals surface area contributed by atoms with Crippen LogP contribution in [0.4, 0.5) is 8.78 Å². The Morgan fingerprint density at radius 2 is 1.61 bits per heavy atom. The topological polar surface area (TPSA) is 20.3 Å². The van der Waals surface area contributed by atoms with Crippen molar-refractivity contribution in [1.82, 2.24) is 4.90 Å². The molecule has 2 nitrogen and oxygen atoms in total. The largest absolute Gasteiger partial charge is 0.336 e. The molecule has 1 aromatic carbocycles. The van der Waals surface area contributed by atoms with Gasteiger partial charge in [-0.15, -0.1) is 23.2 Å². The summed E-state index contributed by atoms with van der Waals surface area (Å²) in [5, 5.41) is 0. The van der Waals surface area contributed by atoms with Crippen LogP contribution in [-0.2, 0) is 0 Å². The van der Waals surface area contributed by atoms with Crippen LogP contribution in [0.25, 0.3) is 0 Å². The zero-order chi connectivity index (χ0) is 13.7. The zero-order valence-electron chi connectivity index (χ0n) is 9.23. The van der Waals surface area contributed by atoms with E-state index in [0.29, 0.717) is 0 Å². The maximum absolute atomic E-state index is 13.6. The molecule has 0 radical (unpaired) electrons. The molecule has 0 aliphatic heterocycles. The van der Waals surface area contributed by atoms with Gasteiger partial charge in [0, 0.05) is 29.3 Å². The highest BCUT2D eigenvalue weighted by Crippen LogP contribution is 2.21. The highest BCUT2D eigenvalue weighted by molar-refractivity contribution is 9.10. The van der Waals surface area contributed by atoms with Gasteiger partial charge < -0.3 is 4.90 Å². The first-order valence-electron chi connectivity index (χ1n) is 5.07. The summed E-state index contributed by atoms with van der Waals surface area (Å²) in [4.78, 5) is 13.2. The van der Waals surface area contributed by atoms with E-state index in [2.05, 4.69) is 15.9 Å². The first-order chi connectivity index (χ1) is 8.51. The third-order valence-corrected chi connectivity index (χ3v) is 3.01. The number of hydrogen-bond acceptors (Lipinski definition) is 1. The van der Waals surface area contributed by atoms with Crippen LogP contribution in [-0.4, -0.2) is 35.7 Å². The minimum atomic E-state index is -0.916. The Kier molecular flexibility index (Phi) is 6.32. The lowest BCUT2D eigenvalue weighted by atomic mass is 10.1. The van der Waals surface area contributed by atoms with Crippen LogP contribution in [0.2, 0.25) is 0 Å². The number of amides is 1. The maximum atomic E-state index is 13.6. The summed E-state index contributed by atoms with van der Waals surface area (Å²) in [7, 11) is 0. The molecule has 0 N–H and O–H groups in total. The minimum absolute atomic E-state index is 0.169.